The summed E-state index contributed by atoms with van der Waals surface area (Å²) in [7, 11) is -5.68. The van der Waals surface area contributed by atoms with Gasteiger partial charge >= 0.3 is 0 Å². The Kier molecular flexibility index (Phi) is 6.94. The van der Waals surface area contributed by atoms with Crippen molar-refractivity contribution in [3.63, 3.8) is 0 Å². The van der Waals surface area contributed by atoms with E-state index >= 15 is 0 Å². The van der Waals surface area contributed by atoms with Crippen molar-refractivity contribution in [3.8, 4) is 0 Å². The fraction of sp³-hybridized carbons (Fsp3) is 0.500. The lowest BCUT2D eigenvalue weighted by Crippen LogP contribution is -2.35. The molecule has 180 valence electrons. The highest BCUT2D eigenvalue weighted by Crippen LogP contribution is 2.25. The standard InChI is InChI=1S/C22H30N4O5S2/c1-24-17-20(33(30,31)26-13-6-3-7-14-26)16-21(24)22(27)23-18-9-8-10-19(15-18)32(28,29)25-11-4-2-5-12-25/h8-10,15-17H,2-7,11-14H2,1H3,(H,23,27). The first-order valence-electron chi connectivity index (χ1n) is 11.3. The van der Waals surface area contributed by atoms with E-state index in [1.165, 1.54) is 37.6 Å². The van der Waals surface area contributed by atoms with Gasteiger partial charge in [-0.05, 0) is 49.9 Å². The maximum Gasteiger partial charge on any atom is 0.272 e. The minimum Gasteiger partial charge on any atom is -0.345 e. The second-order valence-electron chi connectivity index (χ2n) is 8.58. The first kappa shape index (κ1) is 23.9. The molecule has 0 radical (unpaired) electrons. The number of hydrogen-bond acceptors (Lipinski definition) is 5. The molecule has 0 bridgehead atoms. The van der Waals surface area contributed by atoms with E-state index in [0.29, 0.717) is 31.9 Å². The summed E-state index contributed by atoms with van der Waals surface area (Å²) in [4.78, 5) is 13.1. The van der Waals surface area contributed by atoms with Crippen LogP contribution in [0.5, 0.6) is 0 Å². The van der Waals surface area contributed by atoms with Gasteiger partial charge in [0.15, 0.2) is 0 Å². The van der Waals surface area contributed by atoms with Crippen molar-refractivity contribution < 1.29 is 21.6 Å². The third-order valence-electron chi connectivity index (χ3n) is 6.21. The van der Waals surface area contributed by atoms with Crippen LogP contribution in [0.25, 0.3) is 0 Å². The van der Waals surface area contributed by atoms with Crippen molar-refractivity contribution in [1.29, 1.82) is 0 Å². The van der Waals surface area contributed by atoms with Crippen LogP contribution in [0, 0.1) is 0 Å². The van der Waals surface area contributed by atoms with Gasteiger partial charge in [-0.3, -0.25) is 4.79 Å². The molecular weight excluding hydrogens is 464 g/mol. The number of nitrogens with one attached hydrogen (secondary N) is 1. The van der Waals surface area contributed by atoms with Gasteiger partial charge in [0.25, 0.3) is 5.91 Å². The number of aryl methyl sites for hydroxylation is 1. The van der Waals surface area contributed by atoms with E-state index in [1.54, 1.807) is 19.2 Å². The molecule has 1 amide bonds. The monoisotopic (exact) mass is 494 g/mol. The van der Waals surface area contributed by atoms with Crippen LogP contribution in [0.15, 0.2) is 46.3 Å². The van der Waals surface area contributed by atoms with Crippen LogP contribution in [0.1, 0.15) is 49.0 Å². The summed E-state index contributed by atoms with van der Waals surface area (Å²) in [5, 5.41) is 2.71. The number of amides is 1. The lowest BCUT2D eigenvalue weighted by Gasteiger charge is -2.26. The summed E-state index contributed by atoms with van der Waals surface area (Å²) >= 11 is 0. The summed E-state index contributed by atoms with van der Waals surface area (Å²) in [6, 6.07) is 7.53. The molecule has 0 aliphatic carbocycles. The first-order valence-corrected chi connectivity index (χ1v) is 14.2. The van der Waals surface area contributed by atoms with Crippen LogP contribution in [-0.2, 0) is 27.1 Å². The third-order valence-corrected chi connectivity index (χ3v) is 9.97. The number of carbonyl (C=O) groups excluding carboxylic acids is 1. The van der Waals surface area contributed by atoms with Gasteiger partial charge in [0.05, 0.1) is 4.90 Å². The number of sulfonamides is 2. The number of hydrogen-bond donors (Lipinski definition) is 1. The molecule has 2 fully saturated rings. The number of benzene rings is 1. The molecule has 0 spiro atoms. The molecule has 3 heterocycles. The van der Waals surface area contributed by atoms with Gasteiger partial charge in [-0.2, -0.15) is 8.61 Å². The van der Waals surface area contributed by atoms with Crippen LogP contribution in [0.4, 0.5) is 5.69 Å². The Morgan fingerprint density at radius 1 is 0.788 bits per heavy atom. The number of anilines is 1. The van der Waals surface area contributed by atoms with E-state index in [9.17, 15) is 21.6 Å². The summed E-state index contributed by atoms with van der Waals surface area (Å²) in [6.07, 6.45) is 6.81. The van der Waals surface area contributed by atoms with E-state index in [1.807, 2.05) is 0 Å². The third kappa shape index (κ3) is 5.01. The second-order valence-corrected chi connectivity index (χ2v) is 12.5. The fourth-order valence-electron chi connectivity index (χ4n) is 4.34. The highest BCUT2D eigenvalue weighted by Gasteiger charge is 2.29. The van der Waals surface area contributed by atoms with Crippen molar-refractivity contribution in [2.45, 2.75) is 48.3 Å². The van der Waals surface area contributed by atoms with Crippen LogP contribution < -0.4 is 5.32 Å². The highest BCUT2D eigenvalue weighted by atomic mass is 32.2. The molecule has 0 unspecified atom stereocenters. The zero-order valence-corrected chi connectivity index (χ0v) is 20.4. The van der Waals surface area contributed by atoms with Gasteiger partial charge < -0.3 is 9.88 Å². The molecular formula is C22H30N4O5S2. The molecule has 4 rings (SSSR count). The van der Waals surface area contributed by atoms with E-state index in [0.717, 1.165) is 38.5 Å². The van der Waals surface area contributed by atoms with Crippen LogP contribution in [0.3, 0.4) is 0 Å². The zero-order chi connectivity index (χ0) is 23.6. The van der Waals surface area contributed by atoms with Crippen LogP contribution in [0.2, 0.25) is 0 Å². The molecule has 11 heteroatoms. The van der Waals surface area contributed by atoms with Gasteiger partial charge in [-0.15, -0.1) is 0 Å². The molecule has 1 N–H and O–H groups in total. The SMILES string of the molecule is Cn1cc(S(=O)(=O)N2CCCCC2)cc1C(=O)Nc1cccc(S(=O)(=O)N2CCCCC2)c1. The van der Waals surface area contributed by atoms with Gasteiger partial charge in [-0.25, -0.2) is 16.8 Å². The number of carbonyl (C=O) groups is 1. The Balaban J connectivity index is 1.53. The smallest absolute Gasteiger partial charge is 0.272 e. The zero-order valence-electron chi connectivity index (χ0n) is 18.7. The number of piperidine rings is 2. The maximum atomic E-state index is 13.0. The van der Waals surface area contributed by atoms with Gasteiger partial charge in [0.1, 0.15) is 10.6 Å². The number of rotatable bonds is 6. The molecule has 1 aromatic heterocycles. The average molecular weight is 495 g/mol. The second kappa shape index (κ2) is 9.57. The summed E-state index contributed by atoms with van der Waals surface area (Å²) in [6.45, 7) is 1.96. The summed E-state index contributed by atoms with van der Waals surface area (Å²) in [5.41, 5.74) is 0.509. The predicted octanol–water partition coefficient (Wildman–Crippen LogP) is 2.63. The van der Waals surface area contributed by atoms with E-state index in [-0.39, 0.29) is 15.5 Å². The summed E-state index contributed by atoms with van der Waals surface area (Å²) in [5.74, 6) is -0.509. The average Bonchev–Trinajstić information content (AvgIpc) is 3.23. The fourth-order valence-corrected chi connectivity index (χ4v) is 7.49. The topological polar surface area (TPSA) is 109 Å². The molecule has 2 aliphatic rings. The quantitative estimate of drug-likeness (QED) is 0.664. The Morgan fingerprint density at radius 3 is 1.91 bits per heavy atom. The minimum atomic E-state index is -3.66. The molecule has 9 nitrogen and oxygen atoms in total. The molecule has 0 atom stereocenters. The largest absolute Gasteiger partial charge is 0.345 e. The maximum absolute atomic E-state index is 13.0. The van der Waals surface area contributed by atoms with E-state index in [4.69, 9.17) is 0 Å². The lowest BCUT2D eigenvalue weighted by atomic mass is 10.2. The van der Waals surface area contributed by atoms with E-state index < -0.39 is 26.0 Å². The van der Waals surface area contributed by atoms with Gasteiger partial charge in [0, 0.05) is 45.1 Å². The van der Waals surface area contributed by atoms with Gasteiger partial charge in [0.2, 0.25) is 20.0 Å². The first-order chi connectivity index (χ1) is 15.7. The van der Waals surface area contributed by atoms with Crippen LogP contribution in [-0.4, -0.2) is 62.1 Å². The molecule has 0 saturated carbocycles. The Bertz CT molecular complexity index is 1230. The predicted molar refractivity (Wildman–Crippen MR) is 125 cm³/mol. The molecule has 2 aliphatic heterocycles. The van der Waals surface area contributed by atoms with E-state index in [2.05, 4.69) is 5.32 Å². The van der Waals surface area contributed by atoms with Crippen LogP contribution >= 0.6 is 0 Å². The van der Waals surface area contributed by atoms with Crippen molar-refractivity contribution in [2.75, 3.05) is 31.5 Å². The number of aromatic nitrogens is 1. The van der Waals surface area contributed by atoms with Gasteiger partial charge in [-0.1, -0.05) is 18.9 Å². The minimum absolute atomic E-state index is 0.0819. The van der Waals surface area contributed by atoms with Crippen molar-refractivity contribution >= 4 is 31.6 Å². The molecule has 2 aromatic rings. The van der Waals surface area contributed by atoms with Crippen molar-refractivity contribution in [3.05, 3.63) is 42.2 Å². The van der Waals surface area contributed by atoms with Crippen molar-refractivity contribution in [1.82, 2.24) is 13.2 Å². The highest BCUT2D eigenvalue weighted by molar-refractivity contribution is 7.89. The Hall–Kier alpha value is -2.21. The number of nitrogens with zero attached hydrogens (tertiary/aromatic N) is 3. The summed E-state index contributed by atoms with van der Waals surface area (Å²) < 4.78 is 56.2. The Labute approximate surface area is 195 Å². The lowest BCUT2D eigenvalue weighted by molar-refractivity contribution is 0.101. The molecule has 33 heavy (non-hydrogen) atoms. The molecule has 1 aromatic carbocycles. The van der Waals surface area contributed by atoms with Crippen molar-refractivity contribution in [2.24, 2.45) is 7.05 Å². The molecule has 2 saturated heterocycles. The normalized spacial score (nSPS) is 18.8. The Morgan fingerprint density at radius 2 is 1.33 bits per heavy atom.